The number of nitrogens with zero attached hydrogens (tertiary/aromatic N) is 2. The fraction of sp³-hybridized carbons (Fsp3) is 0.364. The highest BCUT2D eigenvalue weighted by Gasteiger charge is 2.26. The van der Waals surface area contributed by atoms with Crippen LogP contribution in [-0.2, 0) is 11.2 Å². The minimum Gasteiger partial charge on any atom is -0.356 e. The first-order valence-corrected chi connectivity index (χ1v) is 10.2. The Balaban J connectivity index is 1.28. The highest BCUT2D eigenvalue weighted by molar-refractivity contribution is 6.31. The normalized spacial score (nSPS) is 15.1. The quantitative estimate of drug-likeness (QED) is 0.682. The average Bonchev–Trinajstić information content (AvgIpc) is 3.12. The van der Waals surface area contributed by atoms with E-state index in [4.69, 9.17) is 16.6 Å². The number of hydrogen-bond acceptors (Lipinski definition) is 3. The predicted molar refractivity (Wildman–Crippen MR) is 114 cm³/mol. The Kier molecular flexibility index (Phi) is 5.53. The van der Waals surface area contributed by atoms with Crippen LogP contribution in [0.3, 0.4) is 0 Å². The molecule has 2 aromatic carbocycles. The second-order valence-corrected chi connectivity index (χ2v) is 7.88. The van der Waals surface area contributed by atoms with Crippen LogP contribution in [0.1, 0.15) is 24.0 Å². The Labute approximate surface area is 170 Å². The summed E-state index contributed by atoms with van der Waals surface area (Å²) in [5.41, 5.74) is 4.34. The number of aromatic amines is 1. The van der Waals surface area contributed by atoms with E-state index in [2.05, 4.69) is 34.3 Å². The van der Waals surface area contributed by atoms with Gasteiger partial charge in [-0.25, -0.2) is 4.98 Å². The Bertz CT molecular complexity index is 976. The molecule has 2 N–H and O–H groups in total. The van der Waals surface area contributed by atoms with Gasteiger partial charge < -0.3 is 15.2 Å². The van der Waals surface area contributed by atoms with Crippen molar-refractivity contribution in [1.29, 1.82) is 0 Å². The van der Waals surface area contributed by atoms with Crippen LogP contribution >= 0.6 is 11.6 Å². The molecule has 1 saturated heterocycles. The molecule has 6 heteroatoms. The van der Waals surface area contributed by atoms with Crippen LogP contribution in [0.2, 0.25) is 5.02 Å². The van der Waals surface area contributed by atoms with E-state index < -0.39 is 0 Å². The number of fused-ring (bicyclic) bond motifs is 1. The van der Waals surface area contributed by atoms with Crippen molar-refractivity contribution in [3.63, 3.8) is 0 Å². The molecule has 1 amide bonds. The minimum atomic E-state index is 0.0640. The summed E-state index contributed by atoms with van der Waals surface area (Å²) in [6, 6.07) is 14.0. The van der Waals surface area contributed by atoms with Crippen molar-refractivity contribution in [3.05, 3.63) is 58.6 Å². The Morgan fingerprint density at radius 2 is 2.04 bits per heavy atom. The zero-order valence-electron chi connectivity index (χ0n) is 16.0. The third-order valence-corrected chi connectivity index (χ3v) is 5.81. The molecule has 0 spiro atoms. The van der Waals surface area contributed by atoms with Gasteiger partial charge in [0.25, 0.3) is 0 Å². The lowest BCUT2D eigenvalue weighted by molar-refractivity contribution is -0.125. The van der Waals surface area contributed by atoms with Gasteiger partial charge >= 0.3 is 0 Å². The van der Waals surface area contributed by atoms with Crippen LogP contribution in [0.4, 0.5) is 5.95 Å². The van der Waals surface area contributed by atoms with Gasteiger partial charge in [-0.2, -0.15) is 0 Å². The van der Waals surface area contributed by atoms with E-state index in [9.17, 15) is 4.79 Å². The molecular weight excluding hydrogens is 372 g/mol. The minimum absolute atomic E-state index is 0.0640. The summed E-state index contributed by atoms with van der Waals surface area (Å²) in [5.74, 6) is 1.11. The van der Waals surface area contributed by atoms with Crippen LogP contribution in [0, 0.1) is 12.8 Å². The zero-order chi connectivity index (χ0) is 19.5. The second-order valence-electron chi connectivity index (χ2n) is 7.47. The fourth-order valence-electron chi connectivity index (χ4n) is 3.78. The standard InChI is InChI=1S/C22H25ClN4O/c1-15-6-7-19-20(14-15)26-22(25-19)27-12-9-17(10-13-27)21(28)24-11-8-16-4-2-3-5-18(16)23/h2-7,14,17H,8-13H2,1H3,(H,24,28)(H,25,26). The highest BCUT2D eigenvalue weighted by Crippen LogP contribution is 2.24. The summed E-state index contributed by atoms with van der Waals surface area (Å²) in [5, 5.41) is 3.83. The molecule has 0 atom stereocenters. The Hall–Kier alpha value is -2.53. The molecule has 5 nitrogen and oxygen atoms in total. The van der Waals surface area contributed by atoms with E-state index in [1.807, 2.05) is 30.3 Å². The van der Waals surface area contributed by atoms with E-state index in [0.29, 0.717) is 6.54 Å². The van der Waals surface area contributed by atoms with Gasteiger partial charge in [-0.1, -0.05) is 35.9 Å². The lowest BCUT2D eigenvalue weighted by Crippen LogP contribution is -2.41. The Morgan fingerprint density at radius 1 is 1.25 bits per heavy atom. The summed E-state index contributed by atoms with van der Waals surface area (Å²) in [6.45, 7) is 4.37. The van der Waals surface area contributed by atoms with E-state index in [1.54, 1.807) is 0 Å². The first kappa shape index (κ1) is 18.8. The van der Waals surface area contributed by atoms with E-state index in [0.717, 1.165) is 59.9 Å². The van der Waals surface area contributed by atoms with Gasteiger partial charge in [-0.3, -0.25) is 4.79 Å². The van der Waals surface area contributed by atoms with Crippen molar-refractivity contribution in [2.24, 2.45) is 5.92 Å². The SMILES string of the molecule is Cc1ccc2nc(N3CCC(C(=O)NCCc4ccccc4Cl)CC3)[nH]c2c1. The number of nitrogens with one attached hydrogen (secondary N) is 2. The van der Waals surface area contributed by atoms with Crippen molar-refractivity contribution in [2.75, 3.05) is 24.5 Å². The van der Waals surface area contributed by atoms with Crippen molar-refractivity contribution in [2.45, 2.75) is 26.2 Å². The second kappa shape index (κ2) is 8.23. The Morgan fingerprint density at radius 3 is 2.82 bits per heavy atom. The van der Waals surface area contributed by atoms with Crippen LogP contribution in [0.15, 0.2) is 42.5 Å². The number of hydrogen-bond donors (Lipinski definition) is 2. The molecule has 1 aliphatic rings. The first-order chi connectivity index (χ1) is 13.6. The maximum Gasteiger partial charge on any atom is 0.223 e. The van der Waals surface area contributed by atoms with E-state index in [1.165, 1.54) is 5.56 Å². The number of carbonyl (C=O) groups excluding carboxylic acids is 1. The molecular formula is C22H25ClN4O. The van der Waals surface area contributed by atoms with Crippen LogP contribution in [-0.4, -0.2) is 35.5 Å². The summed E-state index contributed by atoms with van der Waals surface area (Å²) in [7, 11) is 0. The van der Waals surface area contributed by atoms with Crippen molar-refractivity contribution >= 4 is 34.5 Å². The van der Waals surface area contributed by atoms with Gasteiger partial charge in [0.1, 0.15) is 0 Å². The van der Waals surface area contributed by atoms with Gasteiger partial charge in [-0.15, -0.1) is 0 Å². The van der Waals surface area contributed by atoms with Crippen LogP contribution < -0.4 is 10.2 Å². The zero-order valence-corrected chi connectivity index (χ0v) is 16.8. The molecule has 1 fully saturated rings. The lowest BCUT2D eigenvalue weighted by Gasteiger charge is -2.31. The number of imidazole rings is 1. The molecule has 1 aliphatic heterocycles. The molecule has 4 rings (SSSR count). The number of benzene rings is 2. The molecule has 0 unspecified atom stereocenters. The summed E-state index contributed by atoms with van der Waals surface area (Å²) < 4.78 is 0. The molecule has 0 saturated carbocycles. The number of H-pyrrole nitrogens is 1. The summed E-state index contributed by atoms with van der Waals surface area (Å²) in [4.78, 5) is 22.9. The maximum absolute atomic E-state index is 12.5. The number of anilines is 1. The van der Waals surface area contributed by atoms with Crippen molar-refractivity contribution in [1.82, 2.24) is 15.3 Å². The topological polar surface area (TPSA) is 61.0 Å². The van der Waals surface area contributed by atoms with Crippen LogP contribution in [0.5, 0.6) is 0 Å². The maximum atomic E-state index is 12.5. The van der Waals surface area contributed by atoms with Crippen molar-refractivity contribution in [3.8, 4) is 0 Å². The predicted octanol–water partition coefficient (Wildman–Crippen LogP) is 4.10. The third kappa shape index (κ3) is 4.14. The molecule has 0 aliphatic carbocycles. The monoisotopic (exact) mass is 396 g/mol. The van der Waals surface area contributed by atoms with Gasteiger partial charge in [-0.05, 0) is 55.5 Å². The molecule has 0 radical (unpaired) electrons. The van der Waals surface area contributed by atoms with E-state index in [-0.39, 0.29) is 11.8 Å². The number of rotatable bonds is 5. The smallest absolute Gasteiger partial charge is 0.223 e. The molecule has 1 aromatic heterocycles. The largest absolute Gasteiger partial charge is 0.356 e. The van der Waals surface area contributed by atoms with E-state index >= 15 is 0 Å². The molecule has 28 heavy (non-hydrogen) atoms. The number of piperidine rings is 1. The van der Waals surface area contributed by atoms with Gasteiger partial charge in [0, 0.05) is 30.6 Å². The number of halogens is 1. The molecule has 2 heterocycles. The lowest BCUT2D eigenvalue weighted by atomic mass is 9.96. The number of amides is 1. The van der Waals surface area contributed by atoms with Gasteiger partial charge in [0.15, 0.2) is 0 Å². The first-order valence-electron chi connectivity index (χ1n) is 9.82. The average molecular weight is 397 g/mol. The number of aryl methyl sites for hydroxylation is 1. The van der Waals surface area contributed by atoms with Crippen LogP contribution in [0.25, 0.3) is 11.0 Å². The molecule has 3 aromatic rings. The summed E-state index contributed by atoms with van der Waals surface area (Å²) in [6.07, 6.45) is 2.44. The fourth-order valence-corrected chi connectivity index (χ4v) is 4.01. The molecule has 146 valence electrons. The number of aromatic nitrogens is 2. The third-order valence-electron chi connectivity index (χ3n) is 5.44. The summed E-state index contributed by atoms with van der Waals surface area (Å²) >= 11 is 6.17. The van der Waals surface area contributed by atoms with Gasteiger partial charge in [0.05, 0.1) is 11.0 Å². The highest BCUT2D eigenvalue weighted by atomic mass is 35.5. The molecule has 0 bridgehead atoms. The number of carbonyl (C=O) groups is 1. The van der Waals surface area contributed by atoms with Crippen molar-refractivity contribution < 1.29 is 4.79 Å². The van der Waals surface area contributed by atoms with Gasteiger partial charge in [0.2, 0.25) is 11.9 Å².